The van der Waals surface area contributed by atoms with Gasteiger partial charge in [-0.2, -0.15) is 0 Å². The molecule has 1 aliphatic heterocycles. The Morgan fingerprint density at radius 3 is 0.656 bits per heavy atom. The lowest BCUT2D eigenvalue weighted by Crippen LogP contribution is -2.30. The van der Waals surface area contributed by atoms with Gasteiger partial charge in [-0.25, -0.2) is 0 Å². The van der Waals surface area contributed by atoms with Crippen LogP contribution in [0.25, 0.3) is 0 Å². The van der Waals surface area contributed by atoms with Crippen LogP contribution in [0.15, 0.2) is 0 Å². The van der Waals surface area contributed by atoms with Crippen molar-refractivity contribution in [3.05, 3.63) is 0 Å². The van der Waals surface area contributed by atoms with E-state index in [1.807, 2.05) is 0 Å². The van der Waals surface area contributed by atoms with Crippen molar-refractivity contribution >= 4 is 23.9 Å². The summed E-state index contributed by atoms with van der Waals surface area (Å²) in [5.74, 6) is -0.358. The molecule has 12 nitrogen and oxygen atoms in total. The van der Waals surface area contributed by atoms with Crippen LogP contribution in [0.4, 0.5) is 0 Å². The second-order valence-electron chi connectivity index (χ2n) is 18.9. The molecule has 1 heterocycles. The van der Waals surface area contributed by atoms with Gasteiger partial charge in [0.15, 0.2) is 0 Å². The van der Waals surface area contributed by atoms with Gasteiger partial charge >= 0.3 is 23.9 Å². The summed E-state index contributed by atoms with van der Waals surface area (Å²) < 4.78 is 21.8. The number of hydrogen-bond donors (Lipinski definition) is 4. The highest BCUT2D eigenvalue weighted by Crippen LogP contribution is 2.14. The number of esters is 4. The molecule has 1 rings (SSSR count). The molecule has 0 aliphatic carbocycles. The number of rotatable bonds is 0. The molecule has 64 heavy (non-hydrogen) atoms. The largest absolute Gasteiger partial charge is 0.464 e. The molecule has 4 N–H and O–H groups in total. The Morgan fingerprint density at radius 2 is 0.453 bits per heavy atom. The molecule has 0 aromatic heterocycles. The van der Waals surface area contributed by atoms with Gasteiger partial charge in [0.1, 0.15) is 26.4 Å². The third kappa shape index (κ3) is 42.4. The Balaban J connectivity index is 2.26. The van der Waals surface area contributed by atoms with Gasteiger partial charge < -0.3 is 40.2 Å². The van der Waals surface area contributed by atoms with Crippen LogP contribution in [0.2, 0.25) is 0 Å². The maximum absolute atomic E-state index is 12.2. The van der Waals surface area contributed by atoms with Gasteiger partial charge in [0.05, 0.1) is 0 Å². The van der Waals surface area contributed by atoms with Crippen LogP contribution >= 0.6 is 0 Å². The molecule has 1 fully saturated rings. The van der Waals surface area contributed by atoms with Crippen LogP contribution in [0.1, 0.15) is 233 Å². The van der Waals surface area contributed by atoms with Gasteiger partial charge in [0.25, 0.3) is 0 Å². The molecule has 0 bridgehead atoms. The fourth-order valence-electron chi connectivity index (χ4n) is 8.29. The zero-order valence-electron chi connectivity index (χ0n) is 41.9. The first kappa shape index (κ1) is 59.7. The maximum atomic E-state index is 12.2. The van der Waals surface area contributed by atoms with E-state index in [2.05, 4.69) is 49.0 Å². The first-order valence-corrected chi connectivity index (χ1v) is 26.7. The van der Waals surface area contributed by atoms with E-state index in [4.69, 9.17) is 18.9 Å². The van der Waals surface area contributed by atoms with Crippen LogP contribution < -0.4 is 21.3 Å². The lowest BCUT2D eigenvalue weighted by Gasteiger charge is -2.14. The van der Waals surface area contributed by atoms with E-state index in [0.29, 0.717) is 102 Å². The van der Waals surface area contributed by atoms with Gasteiger partial charge in [-0.05, 0) is 79.1 Å². The van der Waals surface area contributed by atoms with Crippen molar-refractivity contribution in [1.29, 1.82) is 0 Å². The van der Waals surface area contributed by atoms with Crippen molar-refractivity contribution in [2.45, 2.75) is 257 Å². The summed E-state index contributed by atoms with van der Waals surface area (Å²) in [6, 6.07) is 1.61. The topological polar surface area (TPSA) is 153 Å². The third-order valence-corrected chi connectivity index (χ3v) is 12.5. The standard InChI is InChI=1S/C52H100N4O8/c1-45-29-21-13-5-9-17-25-34-50(58)62-42-38-54-47(3)31-23-15-7-11-19-27-36-52(60)64-44-40-56-48(4)32-24-16-8-12-20-28-35-51(59)63-43-39-55-46(2)30-22-14-6-10-18-26-33-49(57)61-41-37-53-45/h45-48,53-56H,5-44H2,1-4H3/t45-,46-,47-,48?/m0/s1. The molecule has 0 aromatic carbocycles. The number of hydrogen-bond acceptors (Lipinski definition) is 12. The van der Waals surface area contributed by atoms with Crippen LogP contribution in [-0.4, -0.2) is 101 Å². The third-order valence-electron chi connectivity index (χ3n) is 12.5. The zero-order chi connectivity index (χ0) is 46.6. The number of ether oxygens (including phenoxy) is 4. The lowest BCUT2D eigenvalue weighted by atomic mass is 10.1. The molecule has 0 aromatic rings. The average molecular weight is 909 g/mol. The van der Waals surface area contributed by atoms with E-state index in [1.54, 1.807) is 0 Å². The van der Waals surface area contributed by atoms with Gasteiger partial charge in [-0.3, -0.25) is 19.2 Å². The van der Waals surface area contributed by atoms with Crippen molar-refractivity contribution in [2.75, 3.05) is 52.6 Å². The van der Waals surface area contributed by atoms with Crippen molar-refractivity contribution in [3.63, 3.8) is 0 Å². The number of cyclic esters (lactones) is 4. The minimum Gasteiger partial charge on any atom is -0.464 e. The average Bonchev–Trinajstić information content (AvgIpc) is 3.27. The number of carbonyl (C=O) groups excluding carboxylic acids is 4. The number of nitrogens with one attached hydrogen (secondary N) is 4. The Kier molecular flexibility index (Phi) is 41.6. The Morgan fingerprint density at radius 1 is 0.281 bits per heavy atom. The van der Waals surface area contributed by atoms with E-state index < -0.39 is 0 Å². The molecule has 1 aliphatic rings. The van der Waals surface area contributed by atoms with Crippen molar-refractivity contribution in [1.82, 2.24) is 21.3 Å². The van der Waals surface area contributed by atoms with Crippen LogP contribution in [-0.2, 0) is 38.1 Å². The van der Waals surface area contributed by atoms with Crippen molar-refractivity contribution in [3.8, 4) is 0 Å². The second-order valence-corrected chi connectivity index (χ2v) is 18.9. The SMILES string of the molecule is CC1CCCCCCCCC(=O)OCCN[C@@H](C)CCCCCCCCC(=O)OCCN[C@@H](C)CCCCCCCCC(=O)OCCN[C@@H](C)CCCCCCCCC(=O)OCCN1. The van der Waals surface area contributed by atoms with Gasteiger partial charge in [0.2, 0.25) is 0 Å². The summed E-state index contributed by atoms with van der Waals surface area (Å²) in [5, 5.41) is 13.9. The lowest BCUT2D eigenvalue weighted by molar-refractivity contribution is -0.144. The zero-order valence-corrected chi connectivity index (χ0v) is 41.9. The van der Waals surface area contributed by atoms with E-state index in [-0.39, 0.29) is 23.9 Å². The van der Waals surface area contributed by atoms with Crippen LogP contribution in [0.5, 0.6) is 0 Å². The second kappa shape index (κ2) is 44.6. The molecule has 0 radical (unpaired) electrons. The summed E-state index contributed by atoms with van der Waals surface area (Å²) in [5.41, 5.74) is 0. The van der Waals surface area contributed by atoms with Gasteiger partial charge in [-0.1, -0.05) is 128 Å². The molecule has 4 atom stereocenters. The van der Waals surface area contributed by atoms with Gasteiger partial charge in [0, 0.05) is 76.0 Å². The Bertz CT molecular complexity index is 945. The van der Waals surface area contributed by atoms with E-state index in [0.717, 1.165) is 103 Å². The first-order chi connectivity index (χ1) is 31.2. The van der Waals surface area contributed by atoms with Crippen molar-refractivity contribution in [2.24, 2.45) is 0 Å². The Labute approximate surface area is 392 Å². The predicted molar refractivity (Wildman–Crippen MR) is 261 cm³/mol. The van der Waals surface area contributed by atoms with Crippen LogP contribution in [0, 0.1) is 0 Å². The van der Waals surface area contributed by atoms with Crippen molar-refractivity contribution < 1.29 is 38.1 Å². The monoisotopic (exact) mass is 909 g/mol. The fourth-order valence-corrected chi connectivity index (χ4v) is 8.29. The summed E-state index contributed by atoms with van der Waals surface area (Å²) in [7, 11) is 0. The minimum atomic E-state index is -0.0895. The summed E-state index contributed by atoms with van der Waals surface area (Å²) >= 11 is 0. The van der Waals surface area contributed by atoms with E-state index >= 15 is 0 Å². The maximum Gasteiger partial charge on any atom is 0.305 e. The van der Waals surface area contributed by atoms with E-state index in [1.165, 1.54) is 77.0 Å². The summed E-state index contributed by atoms with van der Waals surface area (Å²) in [4.78, 5) is 48.7. The molecule has 0 saturated carbocycles. The first-order valence-electron chi connectivity index (χ1n) is 26.7. The van der Waals surface area contributed by atoms with Gasteiger partial charge in [-0.15, -0.1) is 0 Å². The predicted octanol–water partition coefficient (Wildman–Crippen LogP) is 10.6. The smallest absolute Gasteiger partial charge is 0.305 e. The molecule has 1 saturated heterocycles. The Hall–Kier alpha value is -2.28. The molecule has 0 amide bonds. The fraction of sp³-hybridized carbons (Fsp3) is 0.923. The van der Waals surface area contributed by atoms with Crippen LogP contribution in [0.3, 0.4) is 0 Å². The molecular formula is C52H100N4O8. The molecule has 12 heteroatoms. The molecule has 376 valence electrons. The van der Waals surface area contributed by atoms with E-state index in [9.17, 15) is 19.2 Å². The highest BCUT2D eigenvalue weighted by molar-refractivity contribution is 5.70. The summed E-state index contributed by atoms with van der Waals surface area (Å²) in [6.07, 6.45) is 33.1. The molecular weight excluding hydrogens is 809 g/mol. The normalized spacial score (nSPS) is 26.8. The minimum absolute atomic E-state index is 0.0895. The highest BCUT2D eigenvalue weighted by Gasteiger charge is 2.10. The quantitative estimate of drug-likeness (QED) is 0.135. The highest BCUT2D eigenvalue weighted by atomic mass is 16.5. The molecule has 0 spiro atoms. The molecule has 1 unspecified atom stereocenters. The number of carbonyl (C=O) groups is 4. The summed E-state index contributed by atoms with van der Waals surface area (Å²) in [6.45, 7) is 13.3.